The first-order valence-electron chi connectivity index (χ1n) is 6.99. The van der Waals surface area contributed by atoms with Crippen molar-refractivity contribution in [2.75, 3.05) is 13.1 Å². The number of nitrogens with one attached hydrogen (secondary N) is 1. The van der Waals surface area contributed by atoms with Crippen molar-refractivity contribution in [2.45, 2.75) is 39.0 Å². The van der Waals surface area contributed by atoms with Crippen LogP contribution in [0.4, 0.5) is 0 Å². The first-order valence-corrected chi connectivity index (χ1v) is 6.99. The molecule has 0 amide bonds. The highest BCUT2D eigenvalue weighted by molar-refractivity contribution is 5.11. The summed E-state index contributed by atoms with van der Waals surface area (Å²) >= 11 is 0. The molecule has 0 saturated heterocycles. The van der Waals surface area contributed by atoms with Crippen LogP contribution in [0.15, 0.2) is 24.5 Å². The average molecular weight is 232 g/mol. The first kappa shape index (κ1) is 12.6. The van der Waals surface area contributed by atoms with E-state index in [1.807, 2.05) is 12.4 Å². The normalized spacial score (nSPS) is 24.8. The molecule has 1 heterocycles. The molecule has 1 aliphatic rings. The summed E-state index contributed by atoms with van der Waals surface area (Å²) in [6.45, 7) is 4.49. The van der Waals surface area contributed by atoms with Gasteiger partial charge in [0, 0.05) is 12.4 Å². The number of aromatic nitrogens is 1. The van der Waals surface area contributed by atoms with Crippen molar-refractivity contribution >= 4 is 0 Å². The molecular formula is C15H24N2. The van der Waals surface area contributed by atoms with Gasteiger partial charge in [0.1, 0.15) is 0 Å². The lowest BCUT2D eigenvalue weighted by Gasteiger charge is -2.32. The van der Waals surface area contributed by atoms with Crippen molar-refractivity contribution in [2.24, 2.45) is 11.8 Å². The third kappa shape index (κ3) is 3.81. The largest absolute Gasteiger partial charge is 0.317 e. The Labute approximate surface area is 105 Å². The van der Waals surface area contributed by atoms with E-state index in [2.05, 4.69) is 29.4 Å². The molecule has 0 spiro atoms. The molecule has 2 rings (SSSR count). The summed E-state index contributed by atoms with van der Waals surface area (Å²) in [5.41, 5.74) is 1.45. The first-order chi connectivity index (χ1) is 8.40. The lowest BCUT2D eigenvalue weighted by atomic mass is 9.76. The minimum Gasteiger partial charge on any atom is -0.317 e. The molecule has 1 aliphatic carbocycles. The van der Waals surface area contributed by atoms with Crippen LogP contribution in [0.25, 0.3) is 0 Å². The van der Waals surface area contributed by atoms with E-state index in [-0.39, 0.29) is 0 Å². The van der Waals surface area contributed by atoms with Gasteiger partial charge in [-0.1, -0.05) is 19.8 Å². The van der Waals surface area contributed by atoms with Gasteiger partial charge in [0.05, 0.1) is 0 Å². The molecule has 94 valence electrons. The predicted molar refractivity (Wildman–Crippen MR) is 71.9 cm³/mol. The number of pyridine rings is 1. The van der Waals surface area contributed by atoms with Crippen LogP contribution < -0.4 is 5.32 Å². The number of hydrogen-bond acceptors (Lipinski definition) is 2. The molecule has 0 aromatic carbocycles. The highest BCUT2D eigenvalue weighted by atomic mass is 14.8. The number of rotatable bonds is 5. The Balaban J connectivity index is 1.92. The minimum absolute atomic E-state index is 0.866. The van der Waals surface area contributed by atoms with Crippen LogP contribution in [-0.4, -0.2) is 18.1 Å². The average Bonchev–Trinajstić information content (AvgIpc) is 2.39. The molecule has 0 aliphatic heterocycles. The quantitative estimate of drug-likeness (QED) is 0.844. The Kier molecular flexibility index (Phi) is 4.99. The van der Waals surface area contributed by atoms with Gasteiger partial charge in [-0.2, -0.15) is 0 Å². The molecule has 2 unspecified atom stereocenters. The molecule has 1 aromatic heterocycles. The summed E-state index contributed by atoms with van der Waals surface area (Å²) in [7, 11) is 0. The van der Waals surface area contributed by atoms with Gasteiger partial charge >= 0.3 is 0 Å². The predicted octanol–water partition coefficient (Wildman–Crippen LogP) is 3.04. The third-order valence-electron chi connectivity index (χ3n) is 3.97. The Morgan fingerprint density at radius 1 is 1.18 bits per heavy atom. The number of nitrogens with zero attached hydrogens (tertiary/aromatic N) is 1. The van der Waals surface area contributed by atoms with Gasteiger partial charge in [0.15, 0.2) is 0 Å². The molecule has 0 bridgehead atoms. The third-order valence-corrected chi connectivity index (χ3v) is 3.97. The summed E-state index contributed by atoms with van der Waals surface area (Å²) in [5.74, 6) is 1.74. The van der Waals surface area contributed by atoms with E-state index in [1.165, 1.54) is 44.2 Å². The summed E-state index contributed by atoms with van der Waals surface area (Å²) < 4.78 is 0. The van der Waals surface area contributed by atoms with E-state index in [4.69, 9.17) is 0 Å². The van der Waals surface area contributed by atoms with Crippen molar-refractivity contribution in [3.05, 3.63) is 30.1 Å². The Morgan fingerprint density at radius 3 is 2.59 bits per heavy atom. The van der Waals surface area contributed by atoms with Crippen LogP contribution in [0.1, 0.15) is 38.2 Å². The van der Waals surface area contributed by atoms with Gasteiger partial charge in [-0.05, 0) is 61.9 Å². The minimum atomic E-state index is 0.866. The molecule has 1 aromatic rings. The zero-order valence-electron chi connectivity index (χ0n) is 10.9. The van der Waals surface area contributed by atoms with Gasteiger partial charge < -0.3 is 5.32 Å². The SMILES string of the molecule is CCNCC1CCCCC1Cc1ccncc1. The Hall–Kier alpha value is -0.890. The standard InChI is InChI=1S/C15H24N2/c1-2-16-12-15-6-4-3-5-14(15)11-13-7-9-17-10-8-13/h7-10,14-16H,2-6,11-12H2,1H3. The fraction of sp³-hybridized carbons (Fsp3) is 0.667. The molecule has 17 heavy (non-hydrogen) atoms. The van der Waals surface area contributed by atoms with Crippen molar-refractivity contribution in [1.82, 2.24) is 10.3 Å². The molecule has 1 fully saturated rings. The van der Waals surface area contributed by atoms with Gasteiger partial charge in [-0.25, -0.2) is 0 Å². The molecule has 2 heteroatoms. The summed E-state index contributed by atoms with van der Waals surface area (Å²) in [4.78, 5) is 4.09. The van der Waals surface area contributed by atoms with Crippen LogP contribution in [-0.2, 0) is 6.42 Å². The van der Waals surface area contributed by atoms with Crippen LogP contribution in [0, 0.1) is 11.8 Å². The van der Waals surface area contributed by atoms with E-state index in [9.17, 15) is 0 Å². The van der Waals surface area contributed by atoms with Gasteiger partial charge in [0.25, 0.3) is 0 Å². The van der Waals surface area contributed by atoms with E-state index < -0.39 is 0 Å². The van der Waals surface area contributed by atoms with Gasteiger partial charge in [0.2, 0.25) is 0 Å². The van der Waals surface area contributed by atoms with Crippen LogP contribution >= 0.6 is 0 Å². The lowest BCUT2D eigenvalue weighted by Crippen LogP contribution is -2.31. The maximum Gasteiger partial charge on any atom is 0.0270 e. The van der Waals surface area contributed by atoms with E-state index >= 15 is 0 Å². The van der Waals surface area contributed by atoms with Gasteiger partial charge in [-0.3, -0.25) is 4.98 Å². The van der Waals surface area contributed by atoms with Crippen molar-refractivity contribution in [3.8, 4) is 0 Å². The van der Waals surface area contributed by atoms with Crippen molar-refractivity contribution in [3.63, 3.8) is 0 Å². The zero-order chi connectivity index (χ0) is 11.9. The second-order valence-electron chi connectivity index (χ2n) is 5.17. The topological polar surface area (TPSA) is 24.9 Å². The van der Waals surface area contributed by atoms with E-state index in [0.717, 1.165) is 18.4 Å². The molecule has 1 N–H and O–H groups in total. The molecule has 2 atom stereocenters. The molecule has 0 radical (unpaired) electrons. The van der Waals surface area contributed by atoms with Crippen molar-refractivity contribution < 1.29 is 0 Å². The van der Waals surface area contributed by atoms with Gasteiger partial charge in [-0.15, -0.1) is 0 Å². The molecular weight excluding hydrogens is 208 g/mol. The molecule has 2 nitrogen and oxygen atoms in total. The second kappa shape index (κ2) is 6.75. The maximum absolute atomic E-state index is 4.09. The highest BCUT2D eigenvalue weighted by Crippen LogP contribution is 2.32. The summed E-state index contributed by atoms with van der Waals surface area (Å²) in [6.07, 6.45) is 10.7. The monoisotopic (exact) mass is 232 g/mol. The summed E-state index contributed by atoms with van der Waals surface area (Å²) in [5, 5.41) is 3.52. The van der Waals surface area contributed by atoms with E-state index in [1.54, 1.807) is 0 Å². The van der Waals surface area contributed by atoms with Crippen molar-refractivity contribution in [1.29, 1.82) is 0 Å². The number of hydrogen-bond donors (Lipinski definition) is 1. The lowest BCUT2D eigenvalue weighted by molar-refractivity contribution is 0.229. The summed E-state index contributed by atoms with van der Waals surface area (Å²) in [6, 6.07) is 4.33. The highest BCUT2D eigenvalue weighted by Gasteiger charge is 2.24. The smallest absolute Gasteiger partial charge is 0.0270 e. The fourth-order valence-corrected chi connectivity index (χ4v) is 2.97. The second-order valence-corrected chi connectivity index (χ2v) is 5.17. The van der Waals surface area contributed by atoms with Crippen LogP contribution in [0.2, 0.25) is 0 Å². The Bertz CT molecular complexity index is 310. The zero-order valence-corrected chi connectivity index (χ0v) is 10.9. The Morgan fingerprint density at radius 2 is 1.88 bits per heavy atom. The molecule has 1 saturated carbocycles. The van der Waals surface area contributed by atoms with E-state index in [0.29, 0.717) is 0 Å². The maximum atomic E-state index is 4.09. The fourth-order valence-electron chi connectivity index (χ4n) is 2.97. The van der Waals surface area contributed by atoms with Crippen LogP contribution in [0.3, 0.4) is 0 Å². The van der Waals surface area contributed by atoms with Crippen LogP contribution in [0.5, 0.6) is 0 Å².